The highest BCUT2D eigenvalue weighted by atomic mass is 16.9. The second-order valence-corrected chi connectivity index (χ2v) is 9.61. The molecule has 1 aromatic carbocycles. The maximum absolute atomic E-state index is 13.2. The molecule has 3 aliphatic heterocycles. The number of fused-ring (bicyclic) bond motifs is 3. The lowest BCUT2D eigenvalue weighted by Gasteiger charge is -2.36. The molecule has 0 aliphatic carbocycles. The van der Waals surface area contributed by atoms with Crippen molar-refractivity contribution in [2.45, 2.75) is 89.9 Å². The van der Waals surface area contributed by atoms with Gasteiger partial charge in [0, 0.05) is 5.69 Å². The summed E-state index contributed by atoms with van der Waals surface area (Å²) in [6, 6.07) is 5.37. The van der Waals surface area contributed by atoms with Gasteiger partial charge in [-0.2, -0.15) is 0 Å². The molecular weight excluding hydrogens is 460 g/mol. The molecule has 3 fully saturated rings. The molecule has 3 saturated heterocycles. The molecule has 1 aromatic rings. The Bertz CT molecular complexity index is 978. The number of carbonyl (C=O) groups is 3. The highest BCUT2D eigenvalue weighted by Gasteiger charge is 2.62. The number of ether oxygens (including phenoxy) is 6. The van der Waals surface area contributed by atoms with Crippen LogP contribution in [-0.4, -0.2) is 72.7 Å². The van der Waals surface area contributed by atoms with Crippen LogP contribution in [0.2, 0.25) is 0 Å². The fraction of sp³-hybridized carbons (Fsp3) is 0.625. The van der Waals surface area contributed by atoms with Gasteiger partial charge in [0.15, 0.2) is 24.0 Å². The average molecular weight is 493 g/mol. The summed E-state index contributed by atoms with van der Waals surface area (Å²) >= 11 is 0. The molecule has 11 heteroatoms. The minimum Gasteiger partial charge on any atom is -0.462 e. The van der Waals surface area contributed by atoms with Crippen molar-refractivity contribution in [3.05, 3.63) is 29.8 Å². The van der Waals surface area contributed by atoms with Crippen molar-refractivity contribution in [1.29, 1.82) is 0 Å². The van der Waals surface area contributed by atoms with Crippen LogP contribution in [0.5, 0.6) is 0 Å². The molecule has 35 heavy (non-hydrogen) atoms. The Balaban J connectivity index is 1.39. The molecule has 3 heterocycles. The molecule has 3 aliphatic rings. The van der Waals surface area contributed by atoms with Crippen LogP contribution >= 0.6 is 0 Å². The molecule has 2 amide bonds. The van der Waals surface area contributed by atoms with E-state index in [0.717, 1.165) is 0 Å². The molecule has 0 spiro atoms. The normalized spacial score (nSPS) is 31.1. The molecule has 6 atom stereocenters. The Kier molecular flexibility index (Phi) is 6.91. The zero-order chi connectivity index (χ0) is 25.5. The van der Waals surface area contributed by atoms with E-state index in [2.05, 4.69) is 10.6 Å². The topological polar surface area (TPSA) is 131 Å². The van der Waals surface area contributed by atoms with Crippen molar-refractivity contribution in [2.24, 2.45) is 0 Å². The number of hydrogen-bond donors (Lipinski definition) is 2. The molecule has 0 radical (unpaired) electrons. The standard InChI is InChI=1S/C24H32N2O9/c1-7-30-21(29)13-8-10-14(11-9-13)26-19(27)12(2)25-20(28)17-15-16(33-23(3,4)32-15)18-22(31-17)35-24(5,6)34-18/h8-12,15-18,22H,7H2,1-6H3,(H,25,28)(H,26,27)/t12-,15-,16-,17+,18-,22+/m0/s1. The maximum Gasteiger partial charge on any atom is 0.338 e. The van der Waals surface area contributed by atoms with Crippen LogP contribution in [-0.2, 0) is 38.0 Å². The van der Waals surface area contributed by atoms with Crippen molar-refractivity contribution in [3.63, 3.8) is 0 Å². The van der Waals surface area contributed by atoms with Gasteiger partial charge >= 0.3 is 5.97 Å². The SMILES string of the molecule is CCOC(=O)c1ccc(NC(=O)[C@H](C)NC(=O)[C@@H]2O[C@@H]3OC(C)(C)O[C@H]3[C@H]3OC(C)(C)O[C@@H]32)cc1. The number of carbonyl (C=O) groups excluding carboxylic acids is 3. The lowest BCUT2D eigenvalue weighted by molar-refractivity contribution is -0.231. The number of anilines is 1. The van der Waals surface area contributed by atoms with Gasteiger partial charge in [0.1, 0.15) is 24.4 Å². The third kappa shape index (κ3) is 5.49. The summed E-state index contributed by atoms with van der Waals surface area (Å²) in [6.45, 7) is 10.6. The van der Waals surface area contributed by atoms with E-state index < -0.39 is 66.1 Å². The second kappa shape index (κ2) is 9.47. The largest absolute Gasteiger partial charge is 0.462 e. The van der Waals surface area contributed by atoms with Crippen LogP contribution in [0.4, 0.5) is 5.69 Å². The fourth-order valence-electron chi connectivity index (χ4n) is 4.34. The smallest absolute Gasteiger partial charge is 0.338 e. The number of nitrogens with one attached hydrogen (secondary N) is 2. The van der Waals surface area contributed by atoms with Crippen molar-refractivity contribution >= 4 is 23.5 Å². The lowest BCUT2D eigenvalue weighted by Crippen LogP contribution is -2.60. The first kappa shape index (κ1) is 25.5. The summed E-state index contributed by atoms with van der Waals surface area (Å²) < 4.78 is 34.6. The first-order chi connectivity index (χ1) is 16.4. The third-order valence-electron chi connectivity index (χ3n) is 5.83. The van der Waals surface area contributed by atoms with E-state index in [9.17, 15) is 14.4 Å². The van der Waals surface area contributed by atoms with Crippen molar-refractivity contribution in [3.8, 4) is 0 Å². The summed E-state index contributed by atoms with van der Waals surface area (Å²) in [4.78, 5) is 37.6. The Morgan fingerprint density at radius 1 is 0.943 bits per heavy atom. The first-order valence-corrected chi connectivity index (χ1v) is 11.6. The number of hydrogen-bond acceptors (Lipinski definition) is 9. The Morgan fingerprint density at radius 2 is 1.54 bits per heavy atom. The van der Waals surface area contributed by atoms with Crippen LogP contribution in [0.1, 0.15) is 51.9 Å². The number of esters is 1. The predicted octanol–water partition coefficient (Wildman–Crippen LogP) is 1.70. The number of benzene rings is 1. The van der Waals surface area contributed by atoms with Crippen molar-refractivity contribution in [2.75, 3.05) is 11.9 Å². The molecule has 2 N–H and O–H groups in total. The summed E-state index contributed by atoms with van der Waals surface area (Å²) in [5.41, 5.74) is 0.838. The van der Waals surface area contributed by atoms with E-state index in [1.807, 2.05) is 0 Å². The van der Waals surface area contributed by atoms with Crippen molar-refractivity contribution in [1.82, 2.24) is 5.32 Å². The van der Waals surface area contributed by atoms with Crippen LogP contribution in [0.3, 0.4) is 0 Å². The van der Waals surface area contributed by atoms with E-state index in [1.54, 1.807) is 65.8 Å². The molecule has 0 aromatic heterocycles. The quantitative estimate of drug-likeness (QED) is 0.570. The van der Waals surface area contributed by atoms with Gasteiger partial charge in [-0.15, -0.1) is 0 Å². The van der Waals surface area contributed by atoms with Gasteiger partial charge in [0.2, 0.25) is 5.91 Å². The van der Waals surface area contributed by atoms with Gasteiger partial charge in [0.25, 0.3) is 5.91 Å². The van der Waals surface area contributed by atoms with Crippen LogP contribution in [0.25, 0.3) is 0 Å². The second-order valence-electron chi connectivity index (χ2n) is 9.61. The van der Waals surface area contributed by atoms with E-state index >= 15 is 0 Å². The van der Waals surface area contributed by atoms with Gasteiger partial charge in [-0.1, -0.05) is 0 Å². The summed E-state index contributed by atoms with van der Waals surface area (Å²) in [7, 11) is 0. The molecule has 4 rings (SSSR count). The van der Waals surface area contributed by atoms with Gasteiger partial charge in [0.05, 0.1) is 12.2 Å². The molecule has 0 saturated carbocycles. The van der Waals surface area contributed by atoms with Gasteiger partial charge in [-0.3, -0.25) is 9.59 Å². The summed E-state index contributed by atoms with van der Waals surface area (Å²) in [5.74, 6) is -3.27. The predicted molar refractivity (Wildman–Crippen MR) is 121 cm³/mol. The highest BCUT2D eigenvalue weighted by molar-refractivity contribution is 5.98. The Labute approximate surface area is 203 Å². The first-order valence-electron chi connectivity index (χ1n) is 11.6. The molecule has 0 bridgehead atoms. The molecule has 11 nitrogen and oxygen atoms in total. The number of rotatable bonds is 6. The zero-order valence-electron chi connectivity index (χ0n) is 20.7. The van der Waals surface area contributed by atoms with Crippen LogP contribution < -0.4 is 10.6 Å². The number of amides is 2. The molecular formula is C24H32N2O9. The molecule has 192 valence electrons. The average Bonchev–Trinajstić information content (AvgIpc) is 3.27. The zero-order valence-corrected chi connectivity index (χ0v) is 20.7. The maximum atomic E-state index is 13.2. The Morgan fingerprint density at radius 3 is 2.20 bits per heavy atom. The molecule has 0 unspecified atom stereocenters. The summed E-state index contributed by atoms with van der Waals surface area (Å²) in [5, 5.41) is 5.38. The summed E-state index contributed by atoms with van der Waals surface area (Å²) in [6.07, 6.45) is -3.77. The lowest BCUT2D eigenvalue weighted by atomic mass is 9.98. The van der Waals surface area contributed by atoms with E-state index in [0.29, 0.717) is 11.3 Å². The van der Waals surface area contributed by atoms with Crippen molar-refractivity contribution < 1.29 is 42.8 Å². The third-order valence-corrected chi connectivity index (χ3v) is 5.83. The van der Waals surface area contributed by atoms with Gasteiger partial charge in [-0.05, 0) is 65.8 Å². The van der Waals surface area contributed by atoms with E-state index in [1.165, 1.54) is 0 Å². The van der Waals surface area contributed by atoms with Crippen LogP contribution in [0, 0.1) is 0 Å². The van der Waals surface area contributed by atoms with Gasteiger partial charge in [-0.25, -0.2) is 4.79 Å². The van der Waals surface area contributed by atoms with Gasteiger partial charge < -0.3 is 39.1 Å². The van der Waals surface area contributed by atoms with E-state index in [-0.39, 0.29) is 6.61 Å². The minimum atomic E-state index is -1.07. The Hall–Kier alpha value is -2.57. The monoisotopic (exact) mass is 492 g/mol. The van der Waals surface area contributed by atoms with E-state index in [4.69, 9.17) is 28.4 Å². The highest BCUT2D eigenvalue weighted by Crippen LogP contribution is 2.44. The minimum absolute atomic E-state index is 0.272. The fourth-order valence-corrected chi connectivity index (χ4v) is 4.34. The van der Waals surface area contributed by atoms with Crippen LogP contribution in [0.15, 0.2) is 24.3 Å².